The number of halogens is 11. The van der Waals surface area contributed by atoms with Gasteiger partial charge in [0, 0.05) is 0 Å². The lowest BCUT2D eigenvalue weighted by atomic mass is 10.1. The summed E-state index contributed by atoms with van der Waals surface area (Å²) < 4.78 is 134. The predicted molar refractivity (Wildman–Crippen MR) is 81.8 cm³/mol. The van der Waals surface area contributed by atoms with Crippen LogP contribution in [0.5, 0.6) is 0 Å². The van der Waals surface area contributed by atoms with Crippen LogP contribution in [0.15, 0.2) is 11.1 Å². The SMILES string of the molecule is CC1(C)C(C=C(Cl)C(F)(F)F)C1C(=O)OCc1c(F)c(F)c(C(F)(F)F)c(F)c1F. The first-order valence-electron chi connectivity index (χ1n) is 7.95. The molecule has 30 heavy (non-hydrogen) atoms. The lowest BCUT2D eigenvalue weighted by molar-refractivity contribution is -0.148. The summed E-state index contributed by atoms with van der Waals surface area (Å²) in [6, 6.07) is 0. The second kappa shape index (κ2) is 7.61. The van der Waals surface area contributed by atoms with Crippen LogP contribution in [-0.4, -0.2) is 12.1 Å². The van der Waals surface area contributed by atoms with Crippen LogP contribution < -0.4 is 0 Å². The highest BCUT2D eigenvalue weighted by molar-refractivity contribution is 6.30. The van der Waals surface area contributed by atoms with Gasteiger partial charge in [-0.05, 0) is 11.3 Å². The van der Waals surface area contributed by atoms with Gasteiger partial charge in [0.05, 0.1) is 11.5 Å². The number of carbonyl (C=O) groups is 1. The number of hydrogen-bond acceptors (Lipinski definition) is 2. The molecule has 2 rings (SSSR count). The molecule has 168 valence electrons. The third kappa shape index (κ3) is 4.37. The van der Waals surface area contributed by atoms with Crippen molar-refractivity contribution in [3.63, 3.8) is 0 Å². The van der Waals surface area contributed by atoms with E-state index in [-0.39, 0.29) is 0 Å². The first-order chi connectivity index (χ1) is 13.4. The van der Waals surface area contributed by atoms with Crippen molar-refractivity contribution in [3.8, 4) is 0 Å². The molecule has 0 saturated heterocycles. The van der Waals surface area contributed by atoms with Crippen molar-refractivity contribution in [2.24, 2.45) is 17.3 Å². The minimum atomic E-state index is -5.74. The van der Waals surface area contributed by atoms with E-state index in [9.17, 15) is 48.7 Å². The van der Waals surface area contributed by atoms with Crippen LogP contribution >= 0.6 is 11.6 Å². The van der Waals surface area contributed by atoms with Crippen molar-refractivity contribution in [1.29, 1.82) is 0 Å². The number of carbonyl (C=O) groups excluding carboxylic acids is 1. The molecule has 0 spiro atoms. The molecule has 0 radical (unpaired) electrons. The van der Waals surface area contributed by atoms with Gasteiger partial charge in [-0.3, -0.25) is 4.79 Å². The third-order valence-electron chi connectivity index (χ3n) is 4.76. The Labute approximate surface area is 167 Å². The van der Waals surface area contributed by atoms with Crippen molar-refractivity contribution < 1.29 is 53.4 Å². The molecule has 1 aromatic rings. The van der Waals surface area contributed by atoms with Gasteiger partial charge in [0.1, 0.15) is 17.2 Å². The fraction of sp³-hybridized carbons (Fsp3) is 0.471. The van der Waals surface area contributed by atoms with E-state index in [1.807, 2.05) is 0 Å². The van der Waals surface area contributed by atoms with Crippen molar-refractivity contribution in [1.82, 2.24) is 0 Å². The summed E-state index contributed by atoms with van der Waals surface area (Å²) in [6.45, 7) is 1.23. The average molecular weight is 473 g/mol. The molecule has 2 nitrogen and oxygen atoms in total. The second-order valence-electron chi connectivity index (χ2n) is 7.05. The molecule has 0 aromatic heterocycles. The number of alkyl halides is 6. The first-order valence-corrected chi connectivity index (χ1v) is 8.33. The van der Waals surface area contributed by atoms with Gasteiger partial charge in [0.15, 0.2) is 23.3 Å². The Bertz CT molecular complexity index is 872. The first kappa shape index (κ1) is 24.3. The van der Waals surface area contributed by atoms with E-state index < -0.39 is 81.6 Å². The van der Waals surface area contributed by atoms with Gasteiger partial charge in [-0.1, -0.05) is 31.5 Å². The molecule has 0 amide bonds. The van der Waals surface area contributed by atoms with Crippen LogP contribution in [0.4, 0.5) is 43.9 Å². The van der Waals surface area contributed by atoms with Crippen LogP contribution in [0.1, 0.15) is 25.0 Å². The van der Waals surface area contributed by atoms with Gasteiger partial charge >= 0.3 is 18.3 Å². The highest BCUT2D eigenvalue weighted by Gasteiger charge is 2.62. The maximum atomic E-state index is 13.8. The smallest absolute Gasteiger partial charge is 0.426 e. The maximum Gasteiger partial charge on any atom is 0.426 e. The van der Waals surface area contributed by atoms with Gasteiger partial charge in [0.2, 0.25) is 0 Å². The molecular formula is C17H11ClF10O2. The van der Waals surface area contributed by atoms with Crippen LogP contribution in [0, 0.1) is 40.5 Å². The summed E-state index contributed by atoms with van der Waals surface area (Å²) in [7, 11) is 0. The summed E-state index contributed by atoms with van der Waals surface area (Å²) in [4.78, 5) is 12.1. The number of hydrogen-bond donors (Lipinski definition) is 0. The van der Waals surface area contributed by atoms with E-state index >= 15 is 0 Å². The van der Waals surface area contributed by atoms with E-state index in [0.29, 0.717) is 6.08 Å². The summed E-state index contributed by atoms with van der Waals surface area (Å²) in [5, 5.41) is -1.51. The quantitative estimate of drug-likeness (QED) is 0.294. The molecule has 1 aliphatic carbocycles. The molecule has 13 heteroatoms. The zero-order chi connectivity index (χ0) is 23.4. The fourth-order valence-corrected chi connectivity index (χ4v) is 3.11. The zero-order valence-corrected chi connectivity index (χ0v) is 15.7. The molecule has 2 unspecified atom stereocenters. The molecule has 0 heterocycles. The van der Waals surface area contributed by atoms with E-state index in [0.717, 1.165) is 0 Å². The second-order valence-corrected chi connectivity index (χ2v) is 7.46. The Balaban J connectivity index is 2.24. The number of esters is 1. The summed E-state index contributed by atoms with van der Waals surface area (Å²) in [5.74, 6) is -13.9. The minimum Gasteiger partial charge on any atom is -0.460 e. The normalized spacial score (nSPS) is 21.6. The van der Waals surface area contributed by atoms with Gasteiger partial charge in [-0.2, -0.15) is 26.3 Å². The molecule has 1 aromatic carbocycles. The summed E-state index contributed by atoms with van der Waals surface area (Å²) >= 11 is 5.10. The Morgan fingerprint density at radius 2 is 1.47 bits per heavy atom. The van der Waals surface area contributed by atoms with E-state index in [2.05, 4.69) is 4.74 Å². The van der Waals surface area contributed by atoms with Crippen molar-refractivity contribution >= 4 is 17.6 Å². The van der Waals surface area contributed by atoms with Crippen LogP contribution in [0.3, 0.4) is 0 Å². The van der Waals surface area contributed by atoms with E-state index in [1.54, 1.807) is 0 Å². The van der Waals surface area contributed by atoms with E-state index in [4.69, 9.17) is 11.6 Å². The Hall–Kier alpha value is -1.98. The molecular weight excluding hydrogens is 462 g/mol. The number of allylic oxidation sites excluding steroid dienone is 2. The predicted octanol–water partition coefficient (Wildman–Crippen LogP) is 6.26. The number of rotatable bonds is 4. The maximum absolute atomic E-state index is 13.8. The Morgan fingerprint density at radius 3 is 1.87 bits per heavy atom. The lowest BCUT2D eigenvalue weighted by Gasteiger charge is -2.14. The highest BCUT2D eigenvalue weighted by atomic mass is 35.5. The van der Waals surface area contributed by atoms with Crippen molar-refractivity contribution in [2.45, 2.75) is 32.8 Å². The summed E-state index contributed by atoms with van der Waals surface area (Å²) in [5.41, 5.74) is -5.51. The largest absolute Gasteiger partial charge is 0.460 e. The molecule has 0 bridgehead atoms. The Morgan fingerprint density at radius 1 is 1.00 bits per heavy atom. The van der Waals surface area contributed by atoms with Gasteiger partial charge in [-0.25, -0.2) is 17.6 Å². The molecule has 1 saturated carbocycles. The molecule has 0 N–H and O–H groups in total. The number of ether oxygens (including phenoxy) is 1. The average Bonchev–Trinajstić information content (AvgIpc) is 3.11. The van der Waals surface area contributed by atoms with Crippen LogP contribution in [-0.2, 0) is 22.3 Å². The monoisotopic (exact) mass is 472 g/mol. The molecule has 1 fully saturated rings. The van der Waals surface area contributed by atoms with Gasteiger partial charge in [-0.15, -0.1) is 0 Å². The molecule has 1 aliphatic rings. The van der Waals surface area contributed by atoms with Gasteiger partial charge in [0.25, 0.3) is 0 Å². The van der Waals surface area contributed by atoms with Crippen molar-refractivity contribution in [2.75, 3.05) is 0 Å². The van der Waals surface area contributed by atoms with Crippen molar-refractivity contribution in [3.05, 3.63) is 45.5 Å². The minimum absolute atomic E-state index is 0.548. The Kier molecular flexibility index (Phi) is 6.16. The molecule has 0 aliphatic heterocycles. The fourth-order valence-electron chi connectivity index (χ4n) is 2.98. The van der Waals surface area contributed by atoms with Gasteiger partial charge < -0.3 is 4.74 Å². The van der Waals surface area contributed by atoms with Crippen LogP contribution in [0.25, 0.3) is 0 Å². The highest BCUT2D eigenvalue weighted by Crippen LogP contribution is 2.60. The van der Waals surface area contributed by atoms with Crippen LogP contribution in [0.2, 0.25) is 0 Å². The standard InChI is InChI=1S/C17H11ClF10O2/c1-15(2)6(3-7(18)16(23,24)25)8(15)14(29)30-4-5-10(19)12(21)9(17(26,27)28)13(22)11(5)20/h3,6,8H,4H2,1-2H3. The zero-order valence-electron chi connectivity index (χ0n) is 14.9. The number of benzene rings is 1. The topological polar surface area (TPSA) is 26.3 Å². The summed E-state index contributed by atoms with van der Waals surface area (Å²) in [6.07, 6.45) is -10.1. The third-order valence-corrected chi connectivity index (χ3v) is 5.10. The van der Waals surface area contributed by atoms with E-state index in [1.165, 1.54) is 13.8 Å². The molecule has 2 atom stereocenters. The lowest BCUT2D eigenvalue weighted by Crippen LogP contribution is -2.19.